The highest BCUT2D eigenvalue weighted by Crippen LogP contribution is 2.19. The monoisotopic (exact) mass is 237 g/mol. The minimum absolute atomic E-state index is 0.137. The van der Waals surface area contributed by atoms with Gasteiger partial charge in [-0.3, -0.25) is 5.10 Å². The van der Waals surface area contributed by atoms with Gasteiger partial charge in [-0.05, 0) is 39.2 Å². The predicted octanol–water partition coefficient (Wildman–Crippen LogP) is 1.79. The fraction of sp³-hybridized carbons (Fsp3) is 0.667. The Morgan fingerprint density at radius 3 is 3.06 bits per heavy atom. The second-order valence-electron chi connectivity index (χ2n) is 5.46. The van der Waals surface area contributed by atoms with Crippen molar-refractivity contribution in [2.24, 2.45) is 0 Å². The minimum Gasteiger partial charge on any atom is -0.444 e. The van der Waals surface area contributed by atoms with Crippen LogP contribution in [-0.4, -0.2) is 27.9 Å². The van der Waals surface area contributed by atoms with E-state index in [0.717, 1.165) is 25.0 Å². The van der Waals surface area contributed by atoms with Gasteiger partial charge in [0.1, 0.15) is 5.60 Å². The van der Waals surface area contributed by atoms with Crippen LogP contribution in [0.25, 0.3) is 0 Å². The van der Waals surface area contributed by atoms with Crippen LogP contribution in [0.5, 0.6) is 0 Å². The third-order valence-corrected chi connectivity index (χ3v) is 2.74. The van der Waals surface area contributed by atoms with Crippen LogP contribution in [0.3, 0.4) is 0 Å². The summed E-state index contributed by atoms with van der Waals surface area (Å²) in [6, 6.07) is 0.137. The number of carbonyl (C=O) groups is 1. The summed E-state index contributed by atoms with van der Waals surface area (Å²) in [4.78, 5) is 11.6. The zero-order valence-electron chi connectivity index (χ0n) is 10.5. The van der Waals surface area contributed by atoms with Crippen molar-refractivity contribution in [3.8, 4) is 0 Å². The fourth-order valence-electron chi connectivity index (χ4n) is 2.01. The molecule has 5 nitrogen and oxygen atoms in total. The highest BCUT2D eigenvalue weighted by Gasteiger charge is 2.24. The first-order valence-electron chi connectivity index (χ1n) is 5.95. The van der Waals surface area contributed by atoms with Crippen LogP contribution < -0.4 is 5.32 Å². The average Bonchev–Trinajstić information content (AvgIpc) is 2.61. The van der Waals surface area contributed by atoms with Crippen molar-refractivity contribution in [2.75, 3.05) is 0 Å². The fourth-order valence-corrected chi connectivity index (χ4v) is 2.01. The molecule has 1 heterocycles. The highest BCUT2D eigenvalue weighted by molar-refractivity contribution is 5.68. The first-order chi connectivity index (χ1) is 7.94. The Labute approximate surface area is 101 Å². The Bertz CT molecular complexity index is 406. The lowest BCUT2D eigenvalue weighted by molar-refractivity contribution is 0.0500. The molecule has 0 aromatic carbocycles. The molecule has 1 atom stereocenters. The molecule has 0 fully saturated rings. The Hall–Kier alpha value is -1.52. The van der Waals surface area contributed by atoms with E-state index in [9.17, 15) is 4.79 Å². The number of H-pyrrole nitrogens is 1. The summed E-state index contributed by atoms with van der Waals surface area (Å²) in [7, 11) is 0. The zero-order valence-corrected chi connectivity index (χ0v) is 10.5. The van der Waals surface area contributed by atoms with E-state index in [4.69, 9.17) is 4.74 Å². The van der Waals surface area contributed by atoms with Gasteiger partial charge in [-0.1, -0.05) is 0 Å². The van der Waals surface area contributed by atoms with Gasteiger partial charge in [0.25, 0.3) is 0 Å². The normalized spacial score (nSPS) is 19.6. The number of ether oxygens (including phenoxy) is 1. The van der Waals surface area contributed by atoms with E-state index in [1.807, 2.05) is 27.0 Å². The van der Waals surface area contributed by atoms with Crippen LogP contribution >= 0.6 is 0 Å². The van der Waals surface area contributed by atoms with Crippen molar-refractivity contribution in [1.29, 1.82) is 0 Å². The SMILES string of the molecule is CC(C)(C)OC(=O)N[C@H]1CCc2cn[nH]c2C1. The Balaban J connectivity index is 1.88. The molecule has 17 heavy (non-hydrogen) atoms. The smallest absolute Gasteiger partial charge is 0.407 e. The van der Waals surface area contributed by atoms with Gasteiger partial charge in [0.05, 0.1) is 6.20 Å². The number of nitrogens with zero attached hydrogens (tertiary/aromatic N) is 1. The van der Waals surface area contributed by atoms with E-state index in [2.05, 4.69) is 15.5 Å². The maximum atomic E-state index is 11.6. The molecular formula is C12H19N3O2. The number of rotatable bonds is 1. The summed E-state index contributed by atoms with van der Waals surface area (Å²) in [5, 5.41) is 9.87. The maximum absolute atomic E-state index is 11.6. The molecule has 1 aromatic heterocycles. The minimum atomic E-state index is -0.447. The largest absolute Gasteiger partial charge is 0.444 e. The van der Waals surface area contributed by atoms with Gasteiger partial charge in [0.2, 0.25) is 0 Å². The van der Waals surface area contributed by atoms with Gasteiger partial charge >= 0.3 is 6.09 Å². The number of carbonyl (C=O) groups excluding carboxylic acids is 1. The van der Waals surface area contributed by atoms with Gasteiger partial charge in [0.15, 0.2) is 0 Å². The van der Waals surface area contributed by atoms with E-state index in [-0.39, 0.29) is 12.1 Å². The molecule has 0 saturated carbocycles. The number of fused-ring (bicyclic) bond motifs is 1. The molecular weight excluding hydrogens is 218 g/mol. The van der Waals surface area contributed by atoms with E-state index in [0.29, 0.717) is 0 Å². The van der Waals surface area contributed by atoms with Crippen molar-refractivity contribution in [2.45, 2.75) is 51.7 Å². The second kappa shape index (κ2) is 4.39. The maximum Gasteiger partial charge on any atom is 0.407 e. The zero-order chi connectivity index (χ0) is 12.5. The van der Waals surface area contributed by atoms with Crippen molar-refractivity contribution in [3.05, 3.63) is 17.5 Å². The molecule has 1 amide bonds. The summed E-state index contributed by atoms with van der Waals surface area (Å²) in [5.41, 5.74) is 1.93. The van der Waals surface area contributed by atoms with Crippen LogP contribution in [0.1, 0.15) is 38.4 Å². The molecule has 2 rings (SSSR count). The van der Waals surface area contributed by atoms with Gasteiger partial charge in [-0.15, -0.1) is 0 Å². The van der Waals surface area contributed by atoms with Gasteiger partial charge in [-0.2, -0.15) is 5.10 Å². The van der Waals surface area contributed by atoms with Crippen LogP contribution in [-0.2, 0) is 17.6 Å². The lowest BCUT2D eigenvalue weighted by Gasteiger charge is -2.25. The first-order valence-corrected chi connectivity index (χ1v) is 5.95. The number of aromatic nitrogens is 2. The van der Waals surface area contributed by atoms with Crippen LogP contribution in [0.15, 0.2) is 6.20 Å². The van der Waals surface area contributed by atoms with Crippen LogP contribution in [0, 0.1) is 0 Å². The van der Waals surface area contributed by atoms with E-state index < -0.39 is 5.60 Å². The highest BCUT2D eigenvalue weighted by atomic mass is 16.6. The number of hydrogen-bond donors (Lipinski definition) is 2. The standard InChI is InChI=1S/C12H19N3O2/c1-12(2,3)17-11(16)14-9-5-4-8-7-13-15-10(8)6-9/h7,9H,4-6H2,1-3H3,(H,13,15)(H,14,16)/t9-/m0/s1. The molecule has 2 N–H and O–H groups in total. The molecule has 0 radical (unpaired) electrons. The van der Waals surface area contributed by atoms with E-state index in [1.54, 1.807) is 0 Å². The predicted molar refractivity (Wildman–Crippen MR) is 63.8 cm³/mol. The number of amides is 1. The molecule has 0 saturated heterocycles. The van der Waals surface area contributed by atoms with Crippen molar-refractivity contribution >= 4 is 6.09 Å². The van der Waals surface area contributed by atoms with Crippen molar-refractivity contribution < 1.29 is 9.53 Å². The summed E-state index contributed by atoms with van der Waals surface area (Å²) >= 11 is 0. The average molecular weight is 237 g/mol. The lowest BCUT2D eigenvalue weighted by Crippen LogP contribution is -2.41. The van der Waals surface area contributed by atoms with E-state index in [1.165, 1.54) is 5.56 Å². The summed E-state index contributed by atoms with van der Waals surface area (Å²) < 4.78 is 5.23. The number of alkyl carbamates (subject to hydrolysis) is 1. The number of hydrogen-bond acceptors (Lipinski definition) is 3. The summed E-state index contributed by atoms with van der Waals surface area (Å²) in [6.45, 7) is 5.58. The quantitative estimate of drug-likeness (QED) is 0.782. The Morgan fingerprint density at radius 1 is 1.59 bits per heavy atom. The molecule has 1 aliphatic rings. The van der Waals surface area contributed by atoms with Crippen molar-refractivity contribution in [1.82, 2.24) is 15.5 Å². The molecule has 94 valence electrons. The molecule has 5 heteroatoms. The van der Waals surface area contributed by atoms with Crippen molar-refractivity contribution in [3.63, 3.8) is 0 Å². The molecule has 1 aromatic rings. The second-order valence-corrected chi connectivity index (χ2v) is 5.46. The molecule has 0 bridgehead atoms. The van der Waals surface area contributed by atoms with Gasteiger partial charge < -0.3 is 10.1 Å². The number of aryl methyl sites for hydroxylation is 1. The molecule has 1 aliphatic carbocycles. The third kappa shape index (κ3) is 3.22. The molecule has 0 unspecified atom stereocenters. The van der Waals surface area contributed by atoms with Gasteiger partial charge in [-0.25, -0.2) is 4.79 Å². The Kier molecular flexibility index (Phi) is 3.09. The summed E-state index contributed by atoms with van der Waals surface area (Å²) in [5.74, 6) is 0. The van der Waals surface area contributed by atoms with Gasteiger partial charge in [0, 0.05) is 18.2 Å². The number of nitrogens with one attached hydrogen (secondary N) is 2. The van der Waals surface area contributed by atoms with Crippen LogP contribution in [0.2, 0.25) is 0 Å². The summed E-state index contributed by atoms with van der Waals surface area (Å²) in [6.07, 6.45) is 4.21. The third-order valence-electron chi connectivity index (χ3n) is 2.74. The number of aromatic amines is 1. The molecule has 0 spiro atoms. The first kappa shape index (κ1) is 12.0. The topological polar surface area (TPSA) is 67.0 Å². The Morgan fingerprint density at radius 2 is 2.35 bits per heavy atom. The lowest BCUT2D eigenvalue weighted by atomic mass is 9.94. The molecule has 0 aliphatic heterocycles. The van der Waals surface area contributed by atoms with Crippen LogP contribution in [0.4, 0.5) is 4.79 Å². The van der Waals surface area contributed by atoms with E-state index >= 15 is 0 Å².